The van der Waals surface area contributed by atoms with Gasteiger partial charge in [0, 0.05) is 22.9 Å². The number of hydrogen-bond donors (Lipinski definition) is 1. The second kappa shape index (κ2) is 6.99. The summed E-state index contributed by atoms with van der Waals surface area (Å²) >= 11 is 7.78. The number of aromatic nitrogens is 1. The topological polar surface area (TPSA) is 60.5 Å². The van der Waals surface area contributed by atoms with Gasteiger partial charge in [0.2, 0.25) is 5.91 Å². The number of fused-ring (bicyclic) bond motifs is 1. The minimum atomic E-state index is -0.0660. The molecule has 1 heterocycles. The number of amides is 1. The predicted octanol–water partition coefficient (Wildman–Crippen LogP) is 3.87. The molecule has 3 rings (SSSR count). The van der Waals surface area contributed by atoms with Crippen LogP contribution in [0.5, 0.6) is 11.5 Å². The van der Waals surface area contributed by atoms with Crippen LogP contribution >= 0.6 is 22.9 Å². The Hall–Kier alpha value is -1.79. The fraction of sp³-hybridized carbons (Fsp3) is 0.412. The molecule has 1 aliphatic carbocycles. The maximum absolute atomic E-state index is 12.7. The average molecular weight is 367 g/mol. The number of hydrogen-bond acceptors (Lipinski definition) is 5. The van der Waals surface area contributed by atoms with Gasteiger partial charge in [-0.3, -0.25) is 4.79 Å². The standard InChI is InChI=1S/C17H19ClN2O3S/c1-9-19-12-5-4-10(6-16(12)24-9)17(21)20-13-8-14(22-2)11(18)7-15(13)23-3/h7-8,10H,4-6H2,1-3H3,(H,20,21). The van der Waals surface area contributed by atoms with Gasteiger partial charge in [-0.25, -0.2) is 4.98 Å². The number of carbonyl (C=O) groups excluding carboxylic acids is 1. The Bertz CT molecular complexity index is 775. The van der Waals surface area contributed by atoms with E-state index in [9.17, 15) is 4.79 Å². The number of carbonyl (C=O) groups is 1. The summed E-state index contributed by atoms with van der Waals surface area (Å²) in [5, 5.41) is 4.45. The minimum Gasteiger partial charge on any atom is -0.495 e. The first kappa shape index (κ1) is 17.0. The van der Waals surface area contributed by atoms with Crippen molar-refractivity contribution in [1.82, 2.24) is 4.98 Å². The van der Waals surface area contributed by atoms with Crippen molar-refractivity contribution in [2.75, 3.05) is 19.5 Å². The molecular formula is C17H19ClN2O3S. The summed E-state index contributed by atoms with van der Waals surface area (Å²) in [5.41, 5.74) is 1.71. The Kier molecular flexibility index (Phi) is 4.96. The lowest BCUT2D eigenvalue weighted by molar-refractivity contribution is -0.120. The summed E-state index contributed by atoms with van der Waals surface area (Å²) < 4.78 is 10.5. The second-order valence-electron chi connectivity index (χ2n) is 5.72. The zero-order valence-electron chi connectivity index (χ0n) is 13.8. The first-order valence-corrected chi connectivity index (χ1v) is 8.88. The van der Waals surface area contributed by atoms with Crippen molar-refractivity contribution >= 4 is 34.5 Å². The fourth-order valence-corrected chi connectivity index (χ4v) is 4.21. The van der Waals surface area contributed by atoms with Gasteiger partial charge in [0.1, 0.15) is 11.5 Å². The third-order valence-corrected chi connectivity index (χ3v) is 5.48. The van der Waals surface area contributed by atoms with Crippen LogP contribution in [-0.4, -0.2) is 25.1 Å². The Balaban J connectivity index is 1.78. The van der Waals surface area contributed by atoms with E-state index in [4.69, 9.17) is 21.1 Å². The molecule has 24 heavy (non-hydrogen) atoms. The highest BCUT2D eigenvalue weighted by molar-refractivity contribution is 7.11. The highest BCUT2D eigenvalue weighted by atomic mass is 35.5. The summed E-state index contributed by atoms with van der Waals surface area (Å²) in [7, 11) is 3.08. The molecule has 0 saturated heterocycles. The first-order chi connectivity index (χ1) is 11.5. The Morgan fingerprint density at radius 2 is 2.08 bits per heavy atom. The van der Waals surface area contributed by atoms with Gasteiger partial charge in [-0.2, -0.15) is 0 Å². The molecule has 1 aliphatic rings. The Morgan fingerprint density at radius 3 is 2.79 bits per heavy atom. The molecule has 1 aromatic carbocycles. The van der Waals surface area contributed by atoms with Crippen LogP contribution in [0.2, 0.25) is 5.02 Å². The third kappa shape index (κ3) is 3.35. The van der Waals surface area contributed by atoms with E-state index in [0.717, 1.165) is 30.0 Å². The van der Waals surface area contributed by atoms with E-state index in [1.54, 1.807) is 30.6 Å². The predicted molar refractivity (Wildman–Crippen MR) is 95.6 cm³/mol. The van der Waals surface area contributed by atoms with Crippen LogP contribution in [0.1, 0.15) is 22.0 Å². The third-order valence-electron chi connectivity index (χ3n) is 4.15. The van der Waals surface area contributed by atoms with Crippen LogP contribution in [0.25, 0.3) is 0 Å². The zero-order chi connectivity index (χ0) is 17.3. The van der Waals surface area contributed by atoms with Crippen LogP contribution < -0.4 is 14.8 Å². The summed E-state index contributed by atoms with van der Waals surface area (Å²) in [4.78, 5) is 18.4. The van der Waals surface area contributed by atoms with Crippen molar-refractivity contribution in [2.24, 2.45) is 5.92 Å². The van der Waals surface area contributed by atoms with Crippen molar-refractivity contribution in [2.45, 2.75) is 26.2 Å². The van der Waals surface area contributed by atoms with Gasteiger partial charge in [-0.05, 0) is 26.2 Å². The van der Waals surface area contributed by atoms with E-state index in [0.29, 0.717) is 22.2 Å². The number of nitrogens with one attached hydrogen (secondary N) is 1. The van der Waals surface area contributed by atoms with E-state index in [1.807, 2.05) is 6.92 Å². The van der Waals surface area contributed by atoms with Crippen LogP contribution in [0.3, 0.4) is 0 Å². The molecule has 0 radical (unpaired) electrons. The zero-order valence-corrected chi connectivity index (χ0v) is 15.4. The van der Waals surface area contributed by atoms with E-state index < -0.39 is 0 Å². The number of anilines is 1. The number of rotatable bonds is 4. The summed E-state index contributed by atoms with van der Waals surface area (Å²) in [6.45, 7) is 2.00. The molecule has 5 nitrogen and oxygen atoms in total. The molecule has 7 heteroatoms. The molecular weight excluding hydrogens is 348 g/mol. The van der Waals surface area contributed by atoms with Crippen LogP contribution in [0, 0.1) is 12.8 Å². The second-order valence-corrected chi connectivity index (χ2v) is 7.41. The van der Waals surface area contributed by atoms with Crippen LogP contribution in [0.4, 0.5) is 5.69 Å². The van der Waals surface area contributed by atoms with Gasteiger partial charge in [0.15, 0.2) is 0 Å². The smallest absolute Gasteiger partial charge is 0.227 e. The molecule has 0 fully saturated rings. The molecule has 0 saturated carbocycles. The van der Waals surface area contributed by atoms with Crippen molar-refractivity contribution in [3.63, 3.8) is 0 Å². The van der Waals surface area contributed by atoms with E-state index >= 15 is 0 Å². The number of halogens is 1. The molecule has 1 unspecified atom stereocenters. The molecule has 2 aromatic rings. The number of methoxy groups -OCH3 is 2. The lowest BCUT2D eigenvalue weighted by Gasteiger charge is -2.21. The quantitative estimate of drug-likeness (QED) is 0.892. The van der Waals surface area contributed by atoms with Gasteiger partial charge in [0.05, 0.1) is 35.6 Å². The van der Waals surface area contributed by atoms with Gasteiger partial charge in [-0.1, -0.05) is 11.6 Å². The Morgan fingerprint density at radius 1 is 1.33 bits per heavy atom. The number of nitrogens with zero attached hydrogens (tertiary/aromatic N) is 1. The normalized spacial score (nSPS) is 16.4. The van der Waals surface area contributed by atoms with Crippen LogP contribution in [0.15, 0.2) is 12.1 Å². The lowest BCUT2D eigenvalue weighted by atomic mass is 9.90. The molecule has 1 atom stereocenters. The van der Waals surface area contributed by atoms with Crippen molar-refractivity contribution in [3.05, 3.63) is 32.7 Å². The number of thiazole rings is 1. The SMILES string of the molecule is COc1cc(NC(=O)C2CCc3nc(C)sc3C2)c(OC)cc1Cl. The van der Waals surface area contributed by atoms with Crippen molar-refractivity contribution in [1.29, 1.82) is 0 Å². The molecule has 1 N–H and O–H groups in total. The lowest BCUT2D eigenvalue weighted by Crippen LogP contribution is -2.27. The summed E-state index contributed by atoms with van der Waals surface area (Å²) in [5.74, 6) is 0.925. The van der Waals surface area contributed by atoms with Gasteiger partial charge < -0.3 is 14.8 Å². The number of aryl methyl sites for hydroxylation is 2. The summed E-state index contributed by atoms with van der Waals surface area (Å²) in [6.07, 6.45) is 2.38. The van der Waals surface area contributed by atoms with Crippen LogP contribution in [-0.2, 0) is 17.6 Å². The number of ether oxygens (including phenoxy) is 2. The fourth-order valence-electron chi connectivity index (χ4n) is 2.92. The molecule has 1 amide bonds. The van der Waals surface area contributed by atoms with Crippen molar-refractivity contribution in [3.8, 4) is 11.5 Å². The highest BCUT2D eigenvalue weighted by Gasteiger charge is 2.27. The highest BCUT2D eigenvalue weighted by Crippen LogP contribution is 2.37. The Labute approximate surface area is 150 Å². The van der Waals surface area contributed by atoms with Gasteiger partial charge >= 0.3 is 0 Å². The van der Waals surface area contributed by atoms with Gasteiger partial charge in [0.25, 0.3) is 0 Å². The first-order valence-electron chi connectivity index (χ1n) is 7.69. The molecule has 1 aromatic heterocycles. The largest absolute Gasteiger partial charge is 0.495 e. The van der Waals surface area contributed by atoms with E-state index in [-0.39, 0.29) is 11.8 Å². The van der Waals surface area contributed by atoms with E-state index in [1.165, 1.54) is 12.0 Å². The van der Waals surface area contributed by atoms with Gasteiger partial charge in [-0.15, -0.1) is 11.3 Å². The van der Waals surface area contributed by atoms with E-state index in [2.05, 4.69) is 10.3 Å². The molecule has 0 spiro atoms. The maximum atomic E-state index is 12.7. The number of benzene rings is 1. The monoisotopic (exact) mass is 366 g/mol. The molecule has 0 bridgehead atoms. The summed E-state index contributed by atoms with van der Waals surface area (Å²) in [6, 6.07) is 3.33. The van der Waals surface area contributed by atoms with Crippen molar-refractivity contribution < 1.29 is 14.3 Å². The molecule has 0 aliphatic heterocycles. The maximum Gasteiger partial charge on any atom is 0.227 e. The average Bonchev–Trinajstić information content (AvgIpc) is 2.94. The minimum absolute atomic E-state index is 0.0191. The molecule has 128 valence electrons.